The summed E-state index contributed by atoms with van der Waals surface area (Å²) in [5.74, 6) is -0.0250. The Bertz CT molecular complexity index is 765. The molecule has 23 heavy (non-hydrogen) atoms. The van der Waals surface area contributed by atoms with Gasteiger partial charge in [-0.3, -0.25) is 4.79 Å². The van der Waals surface area contributed by atoms with Crippen molar-refractivity contribution in [2.45, 2.75) is 19.5 Å². The maximum atomic E-state index is 12.4. The van der Waals surface area contributed by atoms with Crippen LogP contribution < -0.4 is 0 Å². The molecular formula is C16H18N6O. The molecule has 7 nitrogen and oxygen atoms in total. The highest BCUT2D eigenvalue weighted by atomic mass is 16.2. The van der Waals surface area contributed by atoms with Gasteiger partial charge in [-0.2, -0.15) is 10.2 Å². The highest BCUT2D eigenvalue weighted by Gasteiger charge is 2.20. The molecule has 0 aliphatic rings. The lowest BCUT2D eigenvalue weighted by Gasteiger charge is -2.20. The van der Waals surface area contributed by atoms with Crippen molar-refractivity contribution in [3.8, 4) is 5.69 Å². The van der Waals surface area contributed by atoms with Gasteiger partial charge < -0.3 is 4.90 Å². The van der Waals surface area contributed by atoms with Crippen LogP contribution in [0, 0.1) is 0 Å². The normalized spacial score (nSPS) is 12.1. The lowest BCUT2D eigenvalue weighted by atomic mass is 10.2. The van der Waals surface area contributed by atoms with E-state index < -0.39 is 0 Å². The molecule has 3 aromatic rings. The zero-order valence-electron chi connectivity index (χ0n) is 13.1. The smallest absolute Gasteiger partial charge is 0.247 e. The fourth-order valence-corrected chi connectivity index (χ4v) is 2.36. The number of rotatable bonds is 5. The van der Waals surface area contributed by atoms with Gasteiger partial charge in [0.05, 0.1) is 11.9 Å². The fraction of sp³-hybridized carbons (Fsp3) is 0.250. The van der Waals surface area contributed by atoms with Crippen LogP contribution in [-0.2, 0) is 11.3 Å². The quantitative estimate of drug-likeness (QED) is 0.719. The SMILES string of the molecule is C[C@H](C(=O)N(C)Cc1cnn(-c2ccccc2)c1)n1cncn1. The monoisotopic (exact) mass is 310 g/mol. The predicted molar refractivity (Wildman–Crippen MR) is 84.8 cm³/mol. The minimum Gasteiger partial charge on any atom is -0.339 e. The molecule has 1 amide bonds. The van der Waals surface area contributed by atoms with Gasteiger partial charge in [0.2, 0.25) is 5.91 Å². The maximum absolute atomic E-state index is 12.4. The van der Waals surface area contributed by atoms with E-state index in [1.165, 1.54) is 6.33 Å². The van der Waals surface area contributed by atoms with Gasteiger partial charge in [0.1, 0.15) is 18.7 Å². The predicted octanol–water partition coefficient (Wildman–Crippen LogP) is 1.68. The average Bonchev–Trinajstić information content (AvgIpc) is 3.26. The highest BCUT2D eigenvalue weighted by Crippen LogP contribution is 2.12. The van der Waals surface area contributed by atoms with E-state index in [4.69, 9.17) is 0 Å². The van der Waals surface area contributed by atoms with Crippen molar-refractivity contribution in [3.05, 3.63) is 60.9 Å². The Balaban J connectivity index is 1.67. The van der Waals surface area contributed by atoms with Crippen molar-refractivity contribution in [1.82, 2.24) is 29.4 Å². The fourth-order valence-electron chi connectivity index (χ4n) is 2.36. The number of nitrogens with zero attached hydrogens (tertiary/aromatic N) is 6. The molecule has 3 rings (SSSR count). The van der Waals surface area contributed by atoms with Gasteiger partial charge in [-0.1, -0.05) is 18.2 Å². The Morgan fingerprint density at radius 1 is 1.26 bits per heavy atom. The van der Waals surface area contributed by atoms with E-state index in [1.54, 1.807) is 40.8 Å². The summed E-state index contributed by atoms with van der Waals surface area (Å²) < 4.78 is 3.35. The van der Waals surface area contributed by atoms with Gasteiger partial charge in [-0.15, -0.1) is 0 Å². The second kappa shape index (κ2) is 6.43. The van der Waals surface area contributed by atoms with Crippen LogP contribution in [0.2, 0.25) is 0 Å². The van der Waals surface area contributed by atoms with Crippen molar-refractivity contribution >= 4 is 5.91 Å². The van der Waals surface area contributed by atoms with Gasteiger partial charge >= 0.3 is 0 Å². The number of hydrogen-bond acceptors (Lipinski definition) is 4. The van der Waals surface area contributed by atoms with E-state index in [2.05, 4.69) is 15.2 Å². The lowest BCUT2D eigenvalue weighted by molar-refractivity contribution is -0.133. The Morgan fingerprint density at radius 3 is 2.74 bits per heavy atom. The summed E-state index contributed by atoms with van der Waals surface area (Å²) in [6, 6.07) is 9.48. The number of aromatic nitrogens is 5. The van der Waals surface area contributed by atoms with Gasteiger partial charge in [0, 0.05) is 25.4 Å². The van der Waals surface area contributed by atoms with Gasteiger partial charge in [-0.25, -0.2) is 14.3 Å². The van der Waals surface area contributed by atoms with Crippen molar-refractivity contribution in [1.29, 1.82) is 0 Å². The molecule has 2 aromatic heterocycles. The molecule has 0 fully saturated rings. The largest absolute Gasteiger partial charge is 0.339 e. The number of para-hydroxylation sites is 1. The van der Waals surface area contributed by atoms with Crippen LogP contribution in [-0.4, -0.2) is 42.4 Å². The van der Waals surface area contributed by atoms with E-state index in [-0.39, 0.29) is 11.9 Å². The zero-order chi connectivity index (χ0) is 16.2. The minimum atomic E-state index is -0.383. The van der Waals surface area contributed by atoms with Gasteiger partial charge in [0.15, 0.2) is 0 Å². The van der Waals surface area contributed by atoms with E-state index in [0.717, 1.165) is 11.3 Å². The first kappa shape index (κ1) is 15.0. The van der Waals surface area contributed by atoms with Crippen molar-refractivity contribution in [2.24, 2.45) is 0 Å². The summed E-state index contributed by atoms with van der Waals surface area (Å²) >= 11 is 0. The topological polar surface area (TPSA) is 68.8 Å². The summed E-state index contributed by atoms with van der Waals surface area (Å²) in [5.41, 5.74) is 1.96. The third-order valence-electron chi connectivity index (χ3n) is 3.64. The second-order valence-electron chi connectivity index (χ2n) is 5.37. The van der Waals surface area contributed by atoms with Crippen LogP contribution in [0.3, 0.4) is 0 Å². The van der Waals surface area contributed by atoms with Crippen molar-refractivity contribution in [2.75, 3.05) is 7.05 Å². The molecule has 0 aliphatic heterocycles. The summed E-state index contributed by atoms with van der Waals surface area (Å²) in [7, 11) is 1.77. The molecule has 0 unspecified atom stereocenters. The molecule has 1 aromatic carbocycles. The molecule has 0 radical (unpaired) electrons. The van der Waals surface area contributed by atoms with Crippen LogP contribution in [0.5, 0.6) is 0 Å². The first-order valence-corrected chi connectivity index (χ1v) is 7.33. The number of likely N-dealkylation sites (N-methyl/N-ethyl adjacent to an activating group) is 1. The van der Waals surface area contributed by atoms with Gasteiger partial charge in [0.25, 0.3) is 0 Å². The van der Waals surface area contributed by atoms with Crippen LogP contribution in [0.15, 0.2) is 55.4 Å². The Labute approximate surface area is 134 Å². The molecule has 7 heteroatoms. The molecule has 0 aliphatic carbocycles. The molecular weight excluding hydrogens is 292 g/mol. The number of benzene rings is 1. The summed E-state index contributed by atoms with van der Waals surface area (Å²) in [4.78, 5) is 18.0. The highest BCUT2D eigenvalue weighted by molar-refractivity contribution is 5.79. The van der Waals surface area contributed by atoms with E-state index in [0.29, 0.717) is 6.54 Å². The minimum absolute atomic E-state index is 0.0250. The van der Waals surface area contributed by atoms with Crippen LogP contribution in [0.4, 0.5) is 0 Å². The lowest BCUT2D eigenvalue weighted by Crippen LogP contribution is -2.32. The Kier molecular flexibility index (Phi) is 4.18. The average molecular weight is 310 g/mol. The van der Waals surface area contributed by atoms with Crippen molar-refractivity contribution in [3.63, 3.8) is 0 Å². The van der Waals surface area contributed by atoms with Gasteiger partial charge in [-0.05, 0) is 19.1 Å². The maximum Gasteiger partial charge on any atom is 0.247 e. The van der Waals surface area contributed by atoms with E-state index >= 15 is 0 Å². The molecule has 0 bridgehead atoms. The third-order valence-corrected chi connectivity index (χ3v) is 3.64. The first-order valence-electron chi connectivity index (χ1n) is 7.33. The summed E-state index contributed by atoms with van der Waals surface area (Å²) in [6.45, 7) is 2.30. The summed E-state index contributed by atoms with van der Waals surface area (Å²) in [5, 5.41) is 8.36. The molecule has 118 valence electrons. The standard InChI is InChI=1S/C16H18N6O/c1-13(22-12-17-11-19-22)16(23)20(2)9-14-8-18-21(10-14)15-6-4-3-5-7-15/h3-8,10-13H,9H2,1-2H3/t13-/m1/s1. The second-order valence-corrected chi connectivity index (χ2v) is 5.37. The molecule has 0 N–H and O–H groups in total. The van der Waals surface area contributed by atoms with E-state index in [9.17, 15) is 4.79 Å². The number of amides is 1. The first-order chi connectivity index (χ1) is 11.1. The zero-order valence-corrected chi connectivity index (χ0v) is 13.1. The number of carbonyl (C=O) groups excluding carboxylic acids is 1. The van der Waals surface area contributed by atoms with E-state index in [1.807, 2.05) is 36.5 Å². The van der Waals surface area contributed by atoms with Crippen LogP contribution in [0.25, 0.3) is 5.69 Å². The number of hydrogen-bond donors (Lipinski definition) is 0. The third kappa shape index (κ3) is 3.28. The molecule has 2 heterocycles. The summed E-state index contributed by atoms with van der Waals surface area (Å²) in [6.07, 6.45) is 6.67. The van der Waals surface area contributed by atoms with Crippen LogP contribution >= 0.6 is 0 Å². The van der Waals surface area contributed by atoms with Crippen LogP contribution in [0.1, 0.15) is 18.5 Å². The van der Waals surface area contributed by atoms with Crippen molar-refractivity contribution < 1.29 is 4.79 Å². The number of carbonyl (C=O) groups is 1. The molecule has 1 atom stereocenters. The Morgan fingerprint density at radius 2 is 2.04 bits per heavy atom. The Hall–Kier alpha value is -2.96. The molecule has 0 spiro atoms. The molecule has 0 saturated carbocycles. The molecule has 0 saturated heterocycles.